The van der Waals surface area contributed by atoms with Crippen LogP contribution in [0.25, 0.3) is 0 Å². The quantitative estimate of drug-likeness (QED) is 0.237. The van der Waals surface area contributed by atoms with Gasteiger partial charge in [0.1, 0.15) is 5.92 Å². The lowest BCUT2D eigenvalue weighted by Crippen LogP contribution is -2.22. The normalized spacial score (nSPS) is 12.5. The van der Waals surface area contributed by atoms with Crippen LogP contribution >= 0.6 is 20.1 Å². The average Bonchev–Trinajstić information content (AvgIpc) is 2.72. The molecule has 0 aliphatic rings. The van der Waals surface area contributed by atoms with E-state index < -0.39 is 17.7 Å². The number of carboxylic acid groups (broad SMARTS) is 1. The van der Waals surface area contributed by atoms with E-state index in [-0.39, 0.29) is 10.6 Å². The van der Waals surface area contributed by atoms with Crippen LogP contribution in [0.3, 0.4) is 0 Å². The molecule has 0 saturated heterocycles. The lowest BCUT2D eigenvalue weighted by Gasteiger charge is -2.14. The van der Waals surface area contributed by atoms with E-state index in [0.717, 1.165) is 6.16 Å². The predicted molar refractivity (Wildman–Crippen MR) is 123 cm³/mol. The third kappa shape index (κ3) is 8.01. The molecule has 2 unspecified atom stereocenters. The number of carboxylic acids is 1. The fourth-order valence-corrected chi connectivity index (χ4v) is 4.13. The Morgan fingerprint density at radius 1 is 1.07 bits per heavy atom. The van der Waals surface area contributed by atoms with Crippen LogP contribution in [-0.2, 0) is 9.36 Å². The smallest absolute Gasteiger partial charge is 0.318 e. The largest absolute Gasteiger partial charge is 0.480 e. The number of hydrogen-bond donors (Lipinski definition) is 1. The fourth-order valence-electron chi connectivity index (χ4n) is 3.16. The van der Waals surface area contributed by atoms with Gasteiger partial charge in [-0.2, -0.15) is 0 Å². The Balaban J connectivity index is 0.000000382. The van der Waals surface area contributed by atoms with Crippen molar-refractivity contribution in [2.75, 3.05) is 6.16 Å². The van der Waals surface area contributed by atoms with Gasteiger partial charge in [0.25, 0.3) is 0 Å². The summed E-state index contributed by atoms with van der Waals surface area (Å²) in [6, 6.07) is 13.5. The van der Waals surface area contributed by atoms with Gasteiger partial charge in [-0.1, -0.05) is 87.2 Å². The first kappa shape index (κ1) is 26.0. The standard InChI is InChI=1S/C16H13ClO3.C8H17OP/c1-10-6-5-9-12(17)13(10)15(18)14(16(19)20)11-7-3-2-4-8-11;1-3-5-6-8(4-2)7-10-9/h2-9,14H,1H3,(H,19,20);8H,3-7H2,1-2H3. The molecule has 30 heavy (non-hydrogen) atoms. The fraction of sp³-hybridized carbons (Fsp3) is 0.417. The van der Waals surface area contributed by atoms with Crippen molar-refractivity contribution in [3.8, 4) is 0 Å². The number of carbonyl (C=O) groups excluding carboxylic acids is 1. The van der Waals surface area contributed by atoms with Crippen LogP contribution in [-0.4, -0.2) is 23.0 Å². The number of carbonyl (C=O) groups is 2. The highest BCUT2D eigenvalue weighted by Gasteiger charge is 2.31. The molecule has 0 aliphatic heterocycles. The lowest BCUT2D eigenvalue weighted by atomic mass is 9.89. The molecule has 0 radical (unpaired) electrons. The first-order valence-corrected chi connectivity index (χ1v) is 11.6. The van der Waals surface area contributed by atoms with Gasteiger partial charge in [-0.05, 0) is 36.5 Å². The second-order valence-electron chi connectivity index (χ2n) is 7.21. The Morgan fingerprint density at radius 2 is 1.73 bits per heavy atom. The predicted octanol–water partition coefficient (Wildman–Crippen LogP) is 7.19. The number of ketones is 1. The molecule has 2 aromatic rings. The minimum absolute atomic E-state index is 0.269. The highest BCUT2D eigenvalue weighted by atomic mass is 35.5. The Morgan fingerprint density at radius 3 is 2.23 bits per heavy atom. The maximum Gasteiger partial charge on any atom is 0.318 e. The molecule has 2 atom stereocenters. The monoisotopic (exact) mass is 448 g/mol. The van der Waals surface area contributed by atoms with Crippen LogP contribution in [0.5, 0.6) is 0 Å². The maximum absolute atomic E-state index is 12.6. The van der Waals surface area contributed by atoms with Gasteiger partial charge in [-0.25, -0.2) is 0 Å². The number of hydrogen-bond acceptors (Lipinski definition) is 3. The summed E-state index contributed by atoms with van der Waals surface area (Å²) in [6.07, 6.45) is 5.83. The van der Waals surface area contributed by atoms with Crippen molar-refractivity contribution in [2.45, 2.75) is 52.4 Å². The van der Waals surface area contributed by atoms with Gasteiger partial charge in [0.05, 0.1) is 5.02 Å². The third-order valence-corrected chi connectivity index (χ3v) is 5.97. The summed E-state index contributed by atoms with van der Waals surface area (Å²) in [5.74, 6) is -2.22. The molecule has 0 amide bonds. The van der Waals surface area contributed by atoms with Gasteiger partial charge in [0.15, 0.2) is 14.2 Å². The molecular formula is C24H30ClO4P. The molecule has 2 aromatic carbocycles. The number of halogens is 1. The van der Waals surface area contributed by atoms with E-state index in [1.165, 1.54) is 25.7 Å². The second-order valence-corrected chi connectivity index (χ2v) is 8.24. The molecule has 2 rings (SSSR count). The topological polar surface area (TPSA) is 71.4 Å². The molecule has 0 spiro atoms. The van der Waals surface area contributed by atoms with Crippen LogP contribution in [0.15, 0.2) is 48.5 Å². The zero-order valence-electron chi connectivity index (χ0n) is 17.8. The molecule has 6 heteroatoms. The Labute approximate surface area is 185 Å². The molecule has 4 nitrogen and oxygen atoms in total. The number of unbranched alkanes of at least 4 members (excludes halogenated alkanes) is 1. The summed E-state index contributed by atoms with van der Waals surface area (Å²) >= 11 is 6.05. The van der Waals surface area contributed by atoms with Crippen LogP contribution in [0.1, 0.15) is 66.9 Å². The highest BCUT2D eigenvalue weighted by Crippen LogP contribution is 2.28. The number of Topliss-reactive ketones (excluding diaryl/α,β-unsaturated/α-hetero) is 1. The Hall–Kier alpha value is -2.03. The van der Waals surface area contributed by atoms with E-state index in [2.05, 4.69) is 13.8 Å². The number of aryl methyl sites for hydroxylation is 1. The zero-order chi connectivity index (χ0) is 22.5. The van der Waals surface area contributed by atoms with Crippen molar-refractivity contribution in [1.29, 1.82) is 0 Å². The van der Waals surface area contributed by atoms with E-state index in [1.54, 1.807) is 55.5 Å². The second kappa shape index (κ2) is 14.1. The van der Waals surface area contributed by atoms with Crippen molar-refractivity contribution in [2.24, 2.45) is 5.92 Å². The van der Waals surface area contributed by atoms with Crippen molar-refractivity contribution < 1.29 is 19.3 Å². The van der Waals surface area contributed by atoms with Gasteiger partial charge in [-0.3, -0.25) is 14.2 Å². The molecule has 0 aromatic heterocycles. The van der Waals surface area contributed by atoms with Crippen molar-refractivity contribution >= 4 is 31.8 Å². The molecule has 0 aliphatic carbocycles. The van der Waals surface area contributed by atoms with E-state index in [1.807, 2.05) is 0 Å². The molecule has 0 saturated carbocycles. The highest BCUT2D eigenvalue weighted by molar-refractivity contribution is 7.23. The van der Waals surface area contributed by atoms with Crippen LogP contribution in [0, 0.1) is 12.8 Å². The van der Waals surface area contributed by atoms with Crippen LogP contribution < -0.4 is 0 Å². The third-order valence-electron chi connectivity index (χ3n) is 4.99. The first-order valence-electron chi connectivity index (χ1n) is 10.2. The molecule has 1 N–H and O–H groups in total. The van der Waals surface area contributed by atoms with Crippen molar-refractivity contribution in [3.63, 3.8) is 0 Å². The Bertz CT molecular complexity index is 803. The maximum atomic E-state index is 12.6. The molecule has 162 valence electrons. The van der Waals surface area contributed by atoms with Crippen molar-refractivity contribution in [1.82, 2.24) is 0 Å². The minimum atomic E-state index is -1.24. The lowest BCUT2D eigenvalue weighted by molar-refractivity contribution is -0.137. The Kier molecular flexibility index (Phi) is 12.2. The summed E-state index contributed by atoms with van der Waals surface area (Å²) in [5.41, 5.74) is 1.39. The summed E-state index contributed by atoms with van der Waals surface area (Å²) in [6.45, 7) is 6.11. The van der Waals surface area contributed by atoms with Crippen LogP contribution in [0.2, 0.25) is 5.02 Å². The molecular weight excluding hydrogens is 419 g/mol. The van der Waals surface area contributed by atoms with Gasteiger partial charge in [-0.15, -0.1) is 0 Å². The van der Waals surface area contributed by atoms with E-state index in [9.17, 15) is 19.3 Å². The molecule has 0 heterocycles. The summed E-state index contributed by atoms with van der Waals surface area (Å²) in [4.78, 5) is 24.0. The van der Waals surface area contributed by atoms with Crippen LogP contribution in [0.4, 0.5) is 0 Å². The zero-order valence-corrected chi connectivity index (χ0v) is 19.5. The molecule has 0 bridgehead atoms. The van der Waals surface area contributed by atoms with Gasteiger partial charge >= 0.3 is 5.97 Å². The number of benzene rings is 2. The number of rotatable bonds is 10. The van der Waals surface area contributed by atoms with Gasteiger partial charge in [0.2, 0.25) is 0 Å². The number of aliphatic carboxylic acids is 1. The summed E-state index contributed by atoms with van der Waals surface area (Å²) in [7, 11) is 0.320. The average molecular weight is 449 g/mol. The van der Waals surface area contributed by atoms with E-state index >= 15 is 0 Å². The van der Waals surface area contributed by atoms with E-state index in [0.29, 0.717) is 25.5 Å². The summed E-state index contributed by atoms with van der Waals surface area (Å²) in [5, 5.41) is 9.65. The molecule has 0 fully saturated rings. The van der Waals surface area contributed by atoms with Gasteiger partial charge < -0.3 is 5.11 Å². The SMILES string of the molecule is CCCCC(CC)CP=O.Cc1cccc(Cl)c1C(=O)C(C(=O)O)c1ccccc1. The van der Waals surface area contributed by atoms with E-state index in [4.69, 9.17) is 11.6 Å². The summed E-state index contributed by atoms with van der Waals surface area (Å²) < 4.78 is 10.2. The van der Waals surface area contributed by atoms with Gasteiger partial charge in [0, 0.05) is 11.7 Å². The first-order chi connectivity index (χ1) is 14.4. The van der Waals surface area contributed by atoms with Crippen molar-refractivity contribution in [3.05, 3.63) is 70.2 Å². The minimum Gasteiger partial charge on any atom is -0.480 e.